The zero-order valence-corrected chi connectivity index (χ0v) is 57.1. The molecule has 108 heavy (non-hydrogen) atoms. The molecule has 0 saturated heterocycles. The molecule has 538 valence electrons. The minimum absolute atomic E-state index is 0.0236. The fraction of sp³-hybridized carbons (Fsp3) is 0.106. The van der Waals surface area contributed by atoms with Crippen molar-refractivity contribution in [1.82, 2.24) is 20.4 Å². The van der Waals surface area contributed by atoms with Gasteiger partial charge in [0.25, 0.3) is 35.4 Å². The monoisotopic (exact) mass is 1450 g/mol. The number of nitrogens with zero attached hydrogens (tertiary/aromatic N) is 5. The molecule has 0 aliphatic carbocycles. The second kappa shape index (κ2) is 31.9. The van der Waals surface area contributed by atoms with Gasteiger partial charge in [0.2, 0.25) is 17.9 Å². The molecule has 5 aliphatic heterocycles. The lowest BCUT2D eigenvalue weighted by molar-refractivity contribution is 0.0621. The highest BCUT2D eigenvalue weighted by atomic mass is 19.1. The molecule has 0 fully saturated rings. The van der Waals surface area contributed by atoms with E-state index in [0.717, 1.165) is 54.3 Å². The summed E-state index contributed by atoms with van der Waals surface area (Å²) in [5, 5.41) is 14.7. The van der Waals surface area contributed by atoms with E-state index in [0.29, 0.717) is 80.8 Å². The van der Waals surface area contributed by atoms with Gasteiger partial charge in [0.15, 0.2) is 0 Å². The van der Waals surface area contributed by atoms with Crippen LogP contribution < -0.4 is 22.1 Å². The maximum Gasteiger partial charge on any atom is 0.335 e. The summed E-state index contributed by atoms with van der Waals surface area (Å²) in [5.74, 6) is -6.15. The van der Waals surface area contributed by atoms with E-state index in [1.807, 2.05) is 48.5 Å². The predicted molar refractivity (Wildman–Crippen MR) is 396 cm³/mol. The van der Waals surface area contributed by atoms with E-state index in [2.05, 4.69) is 25.6 Å². The first-order valence-corrected chi connectivity index (χ1v) is 34.0. The third-order valence-electron chi connectivity index (χ3n) is 18.6. The van der Waals surface area contributed by atoms with Crippen LogP contribution in [0.1, 0.15) is 141 Å². The number of carboxylic acid groups (broad SMARTS) is 1. The lowest BCUT2D eigenvalue weighted by Gasteiger charge is -2.24. The van der Waals surface area contributed by atoms with Gasteiger partial charge in [-0.2, -0.15) is 13.2 Å². The molecule has 0 spiro atoms. The summed E-state index contributed by atoms with van der Waals surface area (Å²) in [4.78, 5) is 101. The molecule has 0 radical (unpaired) electrons. The molecule has 5 heterocycles. The van der Waals surface area contributed by atoms with E-state index in [4.69, 9.17) is 16.6 Å². The summed E-state index contributed by atoms with van der Waals surface area (Å²) in [6, 6.07) is 65.4. The van der Waals surface area contributed by atoms with Crippen molar-refractivity contribution in [2.75, 3.05) is 19.6 Å². The number of nitrogens with one attached hydrogen (secondary N) is 2. The van der Waals surface area contributed by atoms with Gasteiger partial charge in [-0.25, -0.2) is 18.0 Å². The minimum atomic E-state index is -0.976. The molecule has 11 aromatic carbocycles. The highest BCUT2D eigenvalue weighted by Gasteiger charge is 2.38. The summed E-state index contributed by atoms with van der Waals surface area (Å²) in [7, 11) is 0. The van der Waals surface area contributed by atoms with Gasteiger partial charge in [-0.3, -0.25) is 53.5 Å². The normalized spacial score (nSPS) is 14.2. The zero-order valence-electron chi connectivity index (χ0n) is 57.1. The van der Waals surface area contributed by atoms with E-state index >= 15 is 0 Å². The maximum atomic E-state index is 14.1. The van der Waals surface area contributed by atoms with Crippen molar-refractivity contribution < 1.29 is 65.0 Å². The van der Waals surface area contributed by atoms with Crippen molar-refractivity contribution in [3.05, 3.63) is 355 Å². The van der Waals surface area contributed by atoms with E-state index in [1.54, 1.807) is 152 Å². The number of aliphatic imine (C=N–C) groups is 3. The number of carboxylic acids is 1. The van der Waals surface area contributed by atoms with Crippen LogP contribution in [0, 0.1) is 17.5 Å². The number of rotatable bonds is 16. The fourth-order valence-electron chi connectivity index (χ4n) is 13.0. The molecule has 7 N–H and O–H groups in total. The second-order valence-corrected chi connectivity index (χ2v) is 25.6. The Kier molecular flexibility index (Phi) is 21.6. The Balaban J connectivity index is 0.000000132. The number of halogens is 6. The van der Waals surface area contributed by atoms with Crippen molar-refractivity contribution in [2.24, 2.45) is 26.4 Å². The number of hydrogen-bond acceptors (Lipinski definition) is 12. The molecular formula is C85H63F6N9O8. The number of aromatic carboxylic acids is 1. The van der Waals surface area contributed by atoms with Crippen LogP contribution in [0.4, 0.5) is 26.3 Å². The summed E-state index contributed by atoms with van der Waals surface area (Å²) < 4.78 is 82.2. The number of amides is 6. The molecule has 3 atom stereocenters. The summed E-state index contributed by atoms with van der Waals surface area (Å²) in [5.41, 5.74) is 24.1. The average Bonchev–Trinajstić information content (AvgIpc) is 1.60. The molecule has 5 aliphatic rings. The number of benzene rings is 11. The molecule has 17 nitrogen and oxygen atoms in total. The third kappa shape index (κ3) is 16.0. The molecule has 0 aromatic heterocycles. The fourth-order valence-corrected chi connectivity index (χ4v) is 13.0. The second-order valence-electron chi connectivity index (χ2n) is 25.6. The molecule has 0 saturated carbocycles. The van der Waals surface area contributed by atoms with Crippen LogP contribution in [0.25, 0.3) is 33.4 Å². The van der Waals surface area contributed by atoms with Gasteiger partial charge >= 0.3 is 5.97 Å². The molecule has 3 unspecified atom stereocenters. The van der Waals surface area contributed by atoms with Crippen LogP contribution in [0.2, 0.25) is 0 Å². The van der Waals surface area contributed by atoms with Gasteiger partial charge < -0.3 is 27.2 Å². The van der Waals surface area contributed by atoms with Crippen molar-refractivity contribution in [2.45, 2.75) is 37.8 Å². The van der Waals surface area contributed by atoms with E-state index in [-0.39, 0.29) is 59.9 Å². The van der Waals surface area contributed by atoms with E-state index < -0.39 is 71.3 Å². The van der Waals surface area contributed by atoms with Crippen molar-refractivity contribution in [3.63, 3.8) is 0 Å². The zero-order chi connectivity index (χ0) is 75.9. The van der Waals surface area contributed by atoms with Gasteiger partial charge in [0.05, 0.1) is 66.1 Å². The Morgan fingerprint density at radius 1 is 0.370 bits per heavy atom. The van der Waals surface area contributed by atoms with Crippen LogP contribution >= 0.6 is 0 Å². The van der Waals surface area contributed by atoms with Gasteiger partial charge in [-0.05, 0) is 182 Å². The third-order valence-corrected chi connectivity index (χ3v) is 18.6. The number of carbonyl (C=O) groups is 7. The molecular weight excluding hydrogens is 1390 g/mol. The van der Waals surface area contributed by atoms with Crippen LogP contribution in [0.5, 0.6) is 0 Å². The number of hydrogen-bond donors (Lipinski definition) is 5. The lowest BCUT2D eigenvalue weighted by Crippen LogP contribution is -2.40. The quantitative estimate of drug-likeness (QED) is 0.0451. The van der Waals surface area contributed by atoms with Crippen LogP contribution in [0.3, 0.4) is 0 Å². The number of nitrogens with two attached hydrogens (primary N) is 2. The summed E-state index contributed by atoms with van der Waals surface area (Å²) in [6.07, 6.45) is 0. The van der Waals surface area contributed by atoms with Crippen LogP contribution in [0.15, 0.2) is 264 Å². The van der Waals surface area contributed by atoms with Crippen molar-refractivity contribution >= 4 is 59.3 Å². The Hall–Kier alpha value is -13.4. The summed E-state index contributed by atoms with van der Waals surface area (Å²) >= 11 is 0. The van der Waals surface area contributed by atoms with E-state index in [1.165, 1.54) is 48.5 Å². The number of carbonyl (C=O) groups excluding carboxylic acids is 6. The molecule has 16 rings (SSSR count). The topological polar surface area (TPSA) is 259 Å². The van der Waals surface area contributed by atoms with Gasteiger partial charge in [-0.1, -0.05) is 133 Å². The highest BCUT2D eigenvalue weighted by Crippen LogP contribution is 2.34. The smallest absolute Gasteiger partial charge is 0.335 e. The van der Waals surface area contributed by atoms with Gasteiger partial charge in [0, 0.05) is 46.9 Å². The van der Waals surface area contributed by atoms with Gasteiger partial charge in [0.1, 0.15) is 17.5 Å². The van der Waals surface area contributed by atoms with E-state index in [9.17, 15) is 59.9 Å². The standard InChI is InChI=1S/C31H21F2N3O3.C23H19F2N3O.C16H13FN2O2.C15H10FNO2/c32-23-8-4-6-20(14-23)27(17-36-30(38)24-9-1-2-10-25(24)31(36)39)35-29(37)21-7-3-5-18(13-21)19-11-12-22-16-34-28(33)26(22)15-19;24-19-6-2-4-16(10-19)21(12-26)28-23(29)17-5-1-3-14(9-17)15-7-8-18-13-27-22(25)20(18)11-15;17-11-5-3-4-10(8-11)14(18)9-19-15(20)12-6-1-2-7-13(12)16(19)21;16-14-13-7-10(4-5-12(13)8-17-14)9-2-1-3-11(6-9)15(18)19/h1-15,27H,16-17H2,(H,35,37);1-11,21H,12-13,26H2,(H,28,29);1-8,14H,9,18H2;1-7H,8H2,(H,18,19). The molecule has 23 heteroatoms. The maximum absolute atomic E-state index is 14.1. The Morgan fingerprint density at radius 3 is 1.07 bits per heavy atom. The van der Waals surface area contributed by atoms with Crippen LogP contribution in [-0.4, -0.2) is 93.8 Å². The van der Waals surface area contributed by atoms with Crippen molar-refractivity contribution in [3.8, 4) is 33.4 Å². The highest BCUT2D eigenvalue weighted by molar-refractivity contribution is 6.22. The first-order valence-electron chi connectivity index (χ1n) is 34.0. The first kappa shape index (κ1) is 73.0. The summed E-state index contributed by atoms with van der Waals surface area (Å²) in [6.45, 7) is 1.01. The van der Waals surface area contributed by atoms with Crippen molar-refractivity contribution in [1.29, 1.82) is 0 Å². The predicted octanol–water partition coefficient (Wildman–Crippen LogP) is 15.0. The number of fused-ring (bicyclic) bond motifs is 5. The molecule has 6 amide bonds. The Morgan fingerprint density at radius 2 is 0.694 bits per heavy atom. The van der Waals surface area contributed by atoms with Crippen LogP contribution in [-0.2, 0) is 19.6 Å². The minimum Gasteiger partial charge on any atom is -0.478 e. The first-order chi connectivity index (χ1) is 52.2. The SMILES string of the molecule is NC(CN1C(=O)c2ccccc2C1=O)c1cccc(F)c1.NCC(NC(=O)c1cccc(-c2ccc3c(c2)C(F)=NC3)c1)c1cccc(F)c1.O=C(NC(CN1C(=O)c2ccccc2C1=O)c1cccc(F)c1)c1cccc(-c2ccc3c(c2)C(F)=NC3)c1.O=C(O)c1cccc(-c2ccc3c(c2)C(F)=NC3)c1. The lowest BCUT2D eigenvalue weighted by atomic mass is 9.98. The largest absolute Gasteiger partial charge is 0.478 e. The number of imide groups is 2. The Bertz CT molecular complexity index is 5480. The Labute approximate surface area is 614 Å². The average molecular weight is 1450 g/mol. The molecule has 0 bridgehead atoms. The van der Waals surface area contributed by atoms with Gasteiger partial charge in [-0.15, -0.1) is 0 Å². The molecule has 11 aromatic rings.